The number of hydrogen-bond donors (Lipinski definition) is 2. The first-order chi connectivity index (χ1) is 15.0. The number of nitrogens with one attached hydrogen (secondary N) is 1. The lowest BCUT2D eigenvalue weighted by Gasteiger charge is -2.11. The van der Waals surface area contributed by atoms with E-state index in [9.17, 15) is 26.4 Å². The molecular weight excluding hydrogens is 469 g/mol. The van der Waals surface area contributed by atoms with E-state index < -0.39 is 27.7 Å². The van der Waals surface area contributed by atoms with Crippen LogP contribution in [-0.4, -0.2) is 31.6 Å². The molecule has 0 amide bonds. The minimum Gasteiger partial charge on any atom is -0.495 e. The number of benzene rings is 2. The lowest BCUT2D eigenvalue weighted by Crippen LogP contribution is -2.14. The molecule has 12 heteroatoms. The van der Waals surface area contributed by atoms with E-state index in [1.165, 1.54) is 36.8 Å². The van der Waals surface area contributed by atoms with Crippen molar-refractivity contribution in [2.75, 3.05) is 11.8 Å². The maximum absolute atomic E-state index is 12.8. The van der Waals surface area contributed by atoms with Gasteiger partial charge in [-0.25, -0.2) is 9.78 Å². The zero-order valence-electron chi connectivity index (χ0n) is 16.1. The van der Waals surface area contributed by atoms with Crippen molar-refractivity contribution >= 4 is 33.0 Å². The van der Waals surface area contributed by atoms with Crippen LogP contribution in [0.3, 0.4) is 0 Å². The number of hydrogen-bond acceptors (Lipinski definition) is 6. The molecule has 1 heterocycles. The molecule has 32 heavy (non-hydrogen) atoms. The number of carboxylic acids is 1. The molecule has 0 aliphatic heterocycles. The molecule has 2 N–H and O–H groups in total. The minimum absolute atomic E-state index is 0.00194. The summed E-state index contributed by atoms with van der Waals surface area (Å²) in [5, 5.41) is 9.96. The third-order valence-electron chi connectivity index (χ3n) is 3.95. The Morgan fingerprint density at radius 3 is 2.59 bits per heavy atom. The summed E-state index contributed by atoms with van der Waals surface area (Å²) in [6, 6.07) is 8.01. The van der Waals surface area contributed by atoms with Crippen molar-refractivity contribution in [2.24, 2.45) is 0 Å². The summed E-state index contributed by atoms with van der Waals surface area (Å²) < 4.78 is 70.9. The molecule has 7 nitrogen and oxygen atoms in total. The number of carboxylic acid groups (broad SMARTS) is 1. The summed E-state index contributed by atoms with van der Waals surface area (Å²) in [4.78, 5) is 15.0. The Kier molecular flexibility index (Phi) is 6.42. The van der Waals surface area contributed by atoms with E-state index in [4.69, 9.17) is 9.84 Å². The van der Waals surface area contributed by atoms with Crippen molar-refractivity contribution in [3.63, 3.8) is 0 Å². The summed E-state index contributed by atoms with van der Waals surface area (Å²) in [6.07, 6.45) is -4.50. The molecule has 166 valence electrons. The van der Waals surface area contributed by atoms with Crippen LogP contribution >= 0.6 is 11.3 Å². The molecule has 0 fully saturated rings. The first-order valence-corrected chi connectivity index (χ1v) is 10.9. The van der Waals surface area contributed by atoms with Crippen LogP contribution in [0.5, 0.6) is 5.75 Å². The van der Waals surface area contributed by atoms with Gasteiger partial charge in [-0.15, -0.1) is 11.3 Å². The Hall–Kier alpha value is -3.56. The van der Waals surface area contributed by atoms with Crippen LogP contribution < -0.4 is 9.46 Å². The number of methoxy groups -OCH3 is 1. The first-order valence-electron chi connectivity index (χ1n) is 8.58. The van der Waals surface area contributed by atoms with E-state index in [-0.39, 0.29) is 32.6 Å². The lowest BCUT2D eigenvalue weighted by atomic mass is 10.1. The number of sulfonamides is 1. The predicted octanol–water partition coefficient (Wildman–Crippen LogP) is 4.07. The molecule has 0 radical (unpaired) electrons. The highest BCUT2D eigenvalue weighted by molar-refractivity contribution is 7.92. The Labute approximate surface area is 184 Å². The Morgan fingerprint density at radius 2 is 1.94 bits per heavy atom. The zero-order chi connectivity index (χ0) is 23.5. The van der Waals surface area contributed by atoms with Gasteiger partial charge >= 0.3 is 12.1 Å². The molecule has 0 unspecified atom stereocenters. The number of aromatic carboxylic acids is 1. The molecule has 2 aromatic carbocycles. The second-order valence-corrected chi connectivity index (χ2v) is 8.63. The monoisotopic (exact) mass is 482 g/mol. The molecule has 0 aliphatic carbocycles. The van der Waals surface area contributed by atoms with Crippen LogP contribution in [0, 0.1) is 11.8 Å². The number of thiazole rings is 1. The Bertz CT molecular complexity index is 1340. The molecular formula is C20H13F3N2O5S2. The highest BCUT2D eigenvalue weighted by Crippen LogP contribution is 2.30. The topological polar surface area (TPSA) is 106 Å². The van der Waals surface area contributed by atoms with Gasteiger partial charge in [0.05, 0.1) is 23.9 Å². The summed E-state index contributed by atoms with van der Waals surface area (Å²) in [6.45, 7) is 0. The number of ether oxygens (including phenoxy) is 1. The first kappa shape index (κ1) is 23.1. The van der Waals surface area contributed by atoms with Crippen LogP contribution in [0.25, 0.3) is 0 Å². The molecule has 3 aromatic rings. The van der Waals surface area contributed by atoms with Crippen LogP contribution in [-0.2, 0) is 16.2 Å². The van der Waals surface area contributed by atoms with E-state index in [0.717, 1.165) is 29.5 Å². The van der Waals surface area contributed by atoms with Gasteiger partial charge in [-0.1, -0.05) is 12.0 Å². The van der Waals surface area contributed by atoms with Crippen molar-refractivity contribution in [3.05, 3.63) is 69.5 Å². The minimum atomic E-state index is -4.50. The number of carbonyl (C=O) groups is 1. The fourth-order valence-corrected chi connectivity index (χ4v) is 4.45. The smallest absolute Gasteiger partial charge is 0.416 e. The van der Waals surface area contributed by atoms with Gasteiger partial charge < -0.3 is 9.84 Å². The van der Waals surface area contributed by atoms with Crippen LogP contribution in [0.1, 0.15) is 26.5 Å². The third kappa shape index (κ3) is 5.37. The van der Waals surface area contributed by atoms with Gasteiger partial charge in [0, 0.05) is 10.9 Å². The SMILES string of the molecule is COc1cc(C(=O)O)ccc1NS(=O)(=O)c1csc(C#Cc2cccc(C(F)(F)F)c2)n1. The van der Waals surface area contributed by atoms with E-state index >= 15 is 0 Å². The van der Waals surface area contributed by atoms with Gasteiger partial charge in [-0.05, 0) is 42.3 Å². The molecule has 0 aliphatic rings. The van der Waals surface area contributed by atoms with Crippen LogP contribution in [0.2, 0.25) is 0 Å². The summed E-state index contributed by atoms with van der Waals surface area (Å²) >= 11 is 0.897. The van der Waals surface area contributed by atoms with Crippen molar-refractivity contribution in [2.45, 2.75) is 11.2 Å². The normalized spacial score (nSPS) is 11.4. The summed E-state index contributed by atoms with van der Waals surface area (Å²) in [7, 11) is -2.91. The second-order valence-electron chi connectivity index (χ2n) is 6.15. The van der Waals surface area contributed by atoms with Gasteiger partial charge in [0.15, 0.2) is 10.0 Å². The fourth-order valence-electron chi connectivity index (χ4n) is 2.44. The number of halogens is 3. The van der Waals surface area contributed by atoms with E-state index in [0.29, 0.717) is 0 Å². The van der Waals surface area contributed by atoms with Crippen LogP contribution in [0.15, 0.2) is 52.9 Å². The lowest BCUT2D eigenvalue weighted by molar-refractivity contribution is -0.137. The third-order valence-corrected chi connectivity index (χ3v) is 6.11. The molecule has 1 aromatic heterocycles. The molecule has 3 rings (SSSR count). The predicted molar refractivity (Wildman–Crippen MR) is 110 cm³/mol. The number of nitrogens with zero attached hydrogens (tertiary/aromatic N) is 1. The number of alkyl halides is 3. The summed E-state index contributed by atoms with van der Waals surface area (Å²) in [5.41, 5.74) is -0.840. The van der Waals surface area contributed by atoms with Crippen LogP contribution in [0.4, 0.5) is 18.9 Å². The van der Waals surface area contributed by atoms with Gasteiger partial charge in [-0.3, -0.25) is 4.72 Å². The highest BCUT2D eigenvalue weighted by atomic mass is 32.2. The van der Waals surface area contributed by atoms with Crippen molar-refractivity contribution in [1.29, 1.82) is 0 Å². The van der Waals surface area contributed by atoms with E-state index in [1.807, 2.05) is 0 Å². The fraction of sp³-hybridized carbons (Fsp3) is 0.100. The molecule has 0 bridgehead atoms. The average molecular weight is 482 g/mol. The number of rotatable bonds is 5. The zero-order valence-corrected chi connectivity index (χ0v) is 17.7. The molecule has 0 atom stereocenters. The van der Waals surface area contributed by atoms with Gasteiger partial charge in [0.25, 0.3) is 10.0 Å². The average Bonchev–Trinajstić information content (AvgIpc) is 3.22. The number of anilines is 1. The van der Waals surface area contributed by atoms with Crippen molar-refractivity contribution < 1.29 is 36.2 Å². The van der Waals surface area contributed by atoms with Crippen molar-refractivity contribution in [3.8, 4) is 17.6 Å². The van der Waals surface area contributed by atoms with Crippen molar-refractivity contribution in [1.82, 2.24) is 4.98 Å². The standard InChI is InChI=1S/C20H13F3N2O5S2/c1-30-16-10-13(19(26)27)6-7-15(16)25-32(28,29)18-11-31-17(24-18)8-5-12-3-2-4-14(9-12)20(21,22)23/h2-4,6-7,9-11,25H,1H3,(H,26,27). The highest BCUT2D eigenvalue weighted by Gasteiger charge is 2.30. The molecule has 0 saturated carbocycles. The maximum atomic E-state index is 12.8. The quantitative estimate of drug-likeness (QED) is 0.531. The number of aromatic nitrogens is 1. The second kappa shape index (κ2) is 8.89. The van der Waals surface area contributed by atoms with Gasteiger partial charge in [0.1, 0.15) is 5.75 Å². The summed E-state index contributed by atoms with van der Waals surface area (Å²) in [5.74, 6) is 3.86. The van der Waals surface area contributed by atoms with Gasteiger partial charge in [-0.2, -0.15) is 21.6 Å². The maximum Gasteiger partial charge on any atom is 0.416 e. The Balaban J connectivity index is 1.83. The largest absolute Gasteiger partial charge is 0.495 e. The van der Waals surface area contributed by atoms with E-state index in [2.05, 4.69) is 21.5 Å². The Morgan fingerprint density at radius 1 is 1.19 bits per heavy atom. The van der Waals surface area contributed by atoms with E-state index in [1.54, 1.807) is 0 Å². The molecule has 0 spiro atoms. The molecule has 0 saturated heterocycles. The van der Waals surface area contributed by atoms with Gasteiger partial charge in [0.2, 0.25) is 0 Å².